The Bertz CT molecular complexity index is 1450. The molecule has 1 saturated heterocycles. The summed E-state index contributed by atoms with van der Waals surface area (Å²) in [5.41, 5.74) is 4.18. The molecule has 2 atom stereocenters. The Morgan fingerprint density at radius 1 is 1.02 bits per heavy atom. The molecule has 3 aromatic rings. The Balaban J connectivity index is 1.25. The van der Waals surface area contributed by atoms with Gasteiger partial charge in [-0.25, -0.2) is 0 Å². The van der Waals surface area contributed by atoms with Crippen LogP contribution in [0.15, 0.2) is 59.0 Å². The van der Waals surface area contributed by atoms with E-state index in [-0.39, 0.29) is 23.4 Å². The number of nitrogens with zero attached hydrogens (tertiary/aromatic N) is 1. The molecule has 44 heavy (non-hydrogen) atoms. The molecule has 0 radical (unpaired) electrons. The van der Waals surface area contributed by atoms with Crippen LogP contribution in [-0.2, 0) is 17.6 Å². The second-order valence-corrected chi connectivity index (χ2v) is 12.9. The Morgan fingerprint density at radius 2 is 1.82 bits per heavy atom. The van der Waals surface area contributed by atoms with Crippen LogP contribution in [-0.4, -0.2) is 37.5 Å². The molecule has 6 nitrogen and oxygen atoms in total. The van der Waals surface area contributed by atoms with Crippen molar-refractivity contribution in [1.82, 2.24) is 0 Å². The number of para-hydroxylation sites is 2. The van der Waals surface area contributed by atoms with Gasteiger partial charge in [-0.05, 0) is 106 Å². The molecule has 0 bridgehead atoms. The number of methoxy groups -OCH3 is 1. The predicted octanol–water partition coefficient (Wildman–Crippen LogP) is 8.23. The van der Waals surface area contributed by atoms with Crippen molar-refractivity contribution in [3.05, 3.63) is 82.8 Å². The smallest absolute Gasteiger partial charge is 0.198 e. The molecule has 0 N–H and O–H groups in total. The van der Waals surface area contributed by atoms with Crippen LogP contribution >= 0.6 is 0 Å². The van der Waals surface area contributed by atoms with Crippen molar-refractivity contribution in [3.63, 3.8) is 0 Å². The summed E-state index contributed by atoms with van der Waals surface area (Å²) in [6.07, 6.45) is 9.32. The molecule has 2 aromatic carbocycles. The molecular weight excluding hydrogens is 550 g/mol. The lowest BCUT2D eigenvalue weighted by Crippen LogP contribution is -2.34. The van der Waals surface area contributed by atoms with Crippen molar-refractivity contribution < 1.29 is 23.5 Å². The first-order chi connectivity index (χ1) is 21.3. The standard InChI is InChI=1S/C38H47NO5/c1-26(8-6-9-29-10-7-12-34(29)40)38(42)32-16-15-30(31(25-32)17-18-35(41)37-19-14-27(2)44-37)24-28-20-22-39(23-21-28)33-11-4-5-13-36(33)43-3/h4-5,11,13-16,19,25-26,28-29H,6-10,12,17-18,20-24H2,1-3H3. The van der Waals surface area contributed by atoms with E-state index in [0.717, 1.165) is 99.2 Å². The first-order valence-electron chi connectivity index (χ1n) is 16.5. The number of anilines is 1. The Kier molecular flexibility index (Phi) is 10.7. The summed E-state index contributed by atoms with van der Waals surface area (Å²) in [6, 6.07) is 17.9. The maximum atomic E-state index is 13.5. The van der Waals surface area contributed by atoms with Crippen molar-refractivity contribution in [1.29, 1.82) is 0 Å². The molecule has 2 fully saturated rings. The molecule has 2 unspecified atom stereocenters. The fourth-order valence-corrected chi connectivity index (χ4v) is 7.03. The number of ether oxygens (including phenoxy) is 1. The minimum absolute atomic E-state index is 0.0132. The van der Waals surface area contributed by atoms with Gasteiger partial charge in [0.25, 0.3) is 0 Å². The quantitative estimate of drug-likeness (QED) is 0.174. The number of hydrogen-bond acceptors (Lipinski definition) is 6. The zero-order valence-corrected chi connectivity index (χ0v) is 26.6. The first kappa shape index (κ1) is 31.7. The third kappa shape index (κ3) is 7.88. The van der Waals surface area contributed by atoms with Crippen molar-refractivity contribution in [3.8, 4) is 5.75 Å². The number of hydrogen-bond donors (Lipinski definition) is 0. The van der Waals surface area contributed by atoms with Crippen LogP contribution in [0.4, 0.5) is 5.69 Å². The number of carbonyl (C=O) groups is 3. The summed E-state index contributed by atoms with van der Waals surface area (Å²) in [7, 11) is 1.72. The van der Waals surface area contributed by atoms with Gasteiger partial charge in [-0.3, -0.25) is 14.4 Å². The van der Waals surface area contributed by atoms with Gasteiger partial charge in [-0.1, -0.05) is 37.6 Å². The minimum Gasteiger partial charge on any atom is -0.495 e. The van der Waals surface area contributed by atoms with Crippen LogP contribution in [0.2, 0.25) is 0 Å². The topological polar surface area (TPSA) is 76.8 Å². The van der Waals surface area contributed by atoms with E-state index in [1.807, 2.05) is 44.2 Å². The normalized spacial score (nSPS) is 18.0. The lowest BCUT2D eigenvalue weighted by molar-refractivity contribution is -0.120. The monoisotopic (exact) mass is 597 g/mol. The average molecular weight is 598 g/mol. The summed E-state index contributed by atoms with van der Waals surface area (Å²) < 4.78 is 11.2. The van der Waals surface area contributed by atoms with Crippen molar-refractivity contribution in [2.24, 2.45) is 17.8 Å². The zero-order valence-electron chi connectivity index (χ0n) is 26.6. The fraction of sp³-hybridized carbons (Fsp3) is 0.500. The molecule has 2 aliphatic rings. The van der Waals surface area contributed by atoms with E-state index in [0.29, 0.717) is 30.3 Å². The highest BCUT2D eigenvalue weighted by Gasteiger charge is 2.26. The molecule has 0 spiro atoms. The molecule has 2 heterocycles. The Labute approximate surface area is 262 Å². The van der Waals surface area contributed by atoms with Crippen LogP contribution in [0.1, 0.15) is 103 Å². The Hall–Kier alpha value is -3.67. The molecule has 0 amide bonds. The highest BCUT2D eigenvalue weighted by Crippen LogP contribution is 2.33. The molecule has 1 aliphatic carbocycles. The number of ketones is 3. The van der Waals surface area contributed by atoms with Crippen LogP contribution in [0.5, 0.6) is 5.75 Å². The van der Waals surface area contributed by atoms with E-state index in [4.69, 9.17) is 9.15 Å². The lowest BCUT2D eigenvalue weighted by atomic mass is 9.85. The van der Waals surface area contributed by atoms with Gasteiger partial charge < -0.3 is 14.1 Å². The maximum absolute atomic E-state index is 13.5. The summed E-state index contributed by atoms with van der Waals surface area (Å²) >= 11 is 0. The zero-order chi connectivity index (χ0) is 31.1. The molecule has 1 aromatic heterocycles. The van der Waals surface area contributed by atoms with Crippen LogP contribution in [0, 0.1) is 24.7 Å². The number of piperidine rings is 1. The SMILES string of the molecule is COc1ccccc1N1CCC(Cc2ccc(C(=O)C(C)CCCC3CCCC3=O)cc2CCC(=O)c2ccc(C)o2)CC1. The van der Waals surface area contributed by atoms with Crippen molar-refractivity contribution >= 4 is 23.0 Å². The van der Waals surface area contributed by atoms with E-state index in [9.17, 15) is 14.4 Å². The van der Waals surface area contributed by atoms with E-state index < -0.39 is 0 Å². The summed E-state index contributed by atoms with van der Waals surface area (Å²) in [6.45, 7) is 5.79. The third-order valence-corrected chi connectivity index (χ3v) is 9.74. The van der Waals surface area contributed by atoms with E-state index in [2.05, 4.69) is 23.1 Å². The van der Waals surface area contributed by atoms with Crippen LogP contribution in [0.3, 0.4) is 0 Å². The summed E-state index contributed by atoms with van der Waals surface area (Å²) in [5, 5.41) is 0. The molecule has 234 valence electrons. The van der Waals surface area contributed by atoms with Crippen LogP contribution in [0.25, 0.3) is 0 Å². The van der Waals surface area contributed by atoms with E-state index >= 15 is 0 Å². The molecule has 6 heteroatoms. The number of rotatable bonds is 14. The van der Waals surface area contributed by atoms with Gasteiger partial charge in [0.1, 0.15) is 17.3 Å². The number of carbonyl (C=O) groups excluding carboxylic acids is 3. The molecule has 1 saturated carbocycles. The number of benzene rings is 2. The van der Waals surface area contributed by atoms with Crippen molar-refractivity contribution in [2.45, 2.75) is 84.5 Å². The highest BCUT2D eigenvalue weighted by atomic mass is 16.5. The van der Waals surface area contributed by atoms with Crippen LogP contribution < -0.4 is 9.64 Å². The molecule has 5 rings (SSSR count). The number of Topliss-reactive ketones (excluding diaryl/α,β-unsaturated/α-hetero) is 3. The average Bonchev–Trinajstić information content (AvgIpc) is 3.67. The largest absolute Gasteiger partial charge is 0.495 e. The lowest BCUT2D eigenvalue weighted by Gasteiger charge is -2.34. The molecular formula is C38H47NO5. The predicted molar refractivity (Wildman–Crippen MR) is 174 cm³/mol. The van der Waals surface area contributed by atoms with E-state index in [1.54, 1.807) is 13.2 Å². The molecule has 1 aliphatic heterocycles. The summed E-state index contributed by atoms with van der Waals surface area (Å²) in [4.78, 5) is 40.9. The first-order valence-corrected chi connectivity index (χ1v) is 16.5. The number of aryl methyl sites for hydroxylation is 2. The minimum atomic E-state index is -0.0998. The maximum Gasteiger partial charge on any atom is 0.198 e. The van der Waals surface area contributed by atoms with Gasteiger partial charge in [0, 0.05) is 43.3 Å². The van der Waals surface area contributed by atoms with Gasteiger partial charge >= 0.3 is 0 Å². The number of furan rings is 1. The second-order valence-electron chi connectivity index (χ2n) is 12.9. The summed E-state index contributed by atoms with van der Waals surface area (Å²) in [5.74, 6) is 3.19. The Morgan fingerprint density at radius 3 is 2.52 bits per heavy atom. The van der Waals surface area contributed by atoms with E-state index in [1.165, 1.54) is 5.56 Å². The third-order valence-electron chi connectivity index (χ3n) is 9.74. The van der Waals surface area contributed by atoms with Gasteiger partial charge in [-0.15, -0.1) is 0 Å². The van der Waals surface area contributed by atoms with Crippen molar-refractivity contribution in [2.75, 3.05) is 25.1 Å². The second kappa shape index (κ2) is 14.9. The fourth-order valence-electron chi connectivity index (χ4n) is 7.03. The van der Waals surface area contributed by atoms with Gasteiger partial charge in [0.05, 0.1) is 12.8 Å². The van der Waals surface area contributed by atoms with Gasteiger partial charge in [-0.2, -0.15) is 0 Å². The van der Waals surface area contributed by atoms with Gasteiger partial charge in [0.15, 0.2) is 17.3 Å². The highest BCUT2D eigenvalue weighted by molar-refractivity contribution is 5.98. The van der Waals surface area contributed by atoms with Gasteiger partial charge in [0.2, 0.25) is 0 Å².